The number of hydrogen-bond donors (Lipinski definition) is 3. The molecule has 0 spiro atoms. The van der Waals surface area contributed by atoms with Crippen molar-refractivity contribution in [3.05, 3.63) is 82.4 Å². The van der Waals surface area contributed by atoms with Crippen molar-refractivity contribution in [2.75, 3.05) is 0 Å². The van der Waals surface area contributed by atoms with Crippen molar-refractivity contribution in [3.63, 3.8) is 0 Å². The van der Waals surface area contributed by atoms with E-state index in [1.165, 1.54) is 12.5 Å². The predicted octanol–water partition coefficient (Wildman–Crippen LogP) is 2.10. The first-order valence-corrected chi connectivity index (χ1v) is 11.4. The number of para-hydroxylation sites is 1. The summed E-state index contributed by atoms with van der Waals surface area (Å²) in [4.78, 5) is 38.1. The molecule has 2 heterocycles. The standard InChI is InChI=1S/C26H28N4O5/c1-26(2,3)35-25(33)29-21(12-16-13-27-20-10-6-4-8-18(16)20)24(32)30-28-14-17-15-34-22-11-7-5-9-19(22)23(17)31/h4-11,13-15,18,20-21,27H,12H2,1-3H3,(H,29,33)(H,30,32)/p+1/b28-14-/t18-,20-,21+/m0/s1. The molecule has 0 fully saturated rings. The van der Waals surface area contributed by atoms with Crippen LogP contribution in [0.1, 0.15) is 32.8 Å². The van der Waals surface area contributed by atoms with Gasteiger partial charge in [-0.25, -0.2) is 10.2 Å². The van der Waals surface area contributed by atoms with Crippen LogP contribution in [0.3, 0.4) is 0 Å². The number of allylic oxidation sites excluding steroid dienone is 2. The van der Waals surface area contributed by atoms with Crippen molar-refractivity contribution in [2.24, 2.45) is 11.0 Å². The molecule has 2 aromatic rings. The largest absolute Gasteiger partial charge is 0.463 e. The number of nitrogens with two attached hydrogens (primary N) is 1. The maximum absolute atomic E-state index is 13.0. The lowest BCUT2D eigenvalue weighted by Gasteiger charge is -2.24. The Kier molecular flexibility index (Phi) is 6.97. The fourth-order valence-electron chi connectivity index (χ4n) is 4.05. The highest BCUT2D eigenvalue weighted by molar-refractivity contribution is 5.89. The van der Waals surface area contributed by atoms with E-state index in [-0.39, 0.29) is 29.4 Å². The number of quaternary nitrogens is 1. The van der Waals surface area contributed by atoms with E-state index in [0.29, 0.717) is 11.0 Å². The van der Waals surface area contributed by atoms with E-state index < -0.39 is 23.6 Å². The number of nitrogens with one attached hydrogen (secondary N) is 2. The third kappa shape index (κ3) is 5.93. The van der Waals surface area contributed by atoms with Gasteiger partial charge in [0.2, 0.25) is 5.43 Å². The normalized spacial score (nSPS) is 19.9. The predicted molar refractivity (Wildman–Crippen MR) is 132 cm³/mol. The van der Waals surface area contributed by atoms with Crippen LogP contribution < -0.4 is 21.5 Å². The van der Waals surface area contributed by atoms with Crippen molar-refractivity contribution in [1.29, 1.82) is 0 Å². The van der Waals surface area contributed by atoms with Crippen LogP contribution in [-0.4, -0.2) is 35.9 Å². The highest BCUT2D eigenvalue weighted by Crippen LogP contribution is 2.26. The summed E-state index contributed by atoms with van der Waals surface area (Å²) < 4.78 is 10.8. The summed E-state index contributed by atoms with van der Waals surface area (Å²) in [5.74, 6) is -0.390. The van der Waals surface area contributed by atoms with Crippen LogP contribution in [-0.2, 0) is 9.53 Å². The van der Waals surface area contributed by atoms with Crippen molar-refractivity contribution >= 4 is 29.2 Å². The Labute approximate surface area is 202 Å². The van der Waals surface area contributed by atoms with E-state index in [4.69, 9.17) is 9.15 Å². The van der Waals surface area contributed by atoms with Gasteiger partial charge < -0.3 is 19.8 Å². The van der Waals surface area contributed by atoms with E-state index in [0.717, 1.165) is 5.57 Å². The second kappa shape index (κ2) is 10.1. The van der Waals surface area contributed by atoms with E-state index in [1.54, 1.807) is 45.0 Å². The van der Waals surface area contributed by atoms with E-state index in [2.05, 4.69) is 33.3 Å². The zero-order chi connectivity index (χ0) is 25.0. The first kappa shape index (κ1) is 24.2. The maximum atomic E-state index is 13.0. The van der Waals surface area contributed by atoms with Crippen molar-refractivity contribution in [1.82, 2.24) is 10.7 Å². The molecule has 0 bridgehead atoms. The van der Waals surface area contributed by atoms with Crippen LogP contribution in [0.5, 0.6) is 0 Å². The molecule has 2 amide bonds. The highest BCUT2D eigenvalue weighted by atomic mass is 16.6. The SMILES string of the molecule is CC(C)(C)OC(=O)N[C@H](CC1=C[NH2+][C@H]2C=CC=C[C@@H]12)C(=O)N/N=C\c1coc2ccccc2c1=O. The second-order valence-corrected chi connectivity index (χ2v) is 9.46. The van der Waals surface area contributed by atoms with Gasteiger partial charge in [-0.2, -0.15) is 5.10 Å². The first-order valence-electron chi connectivity index (χ1n) is 11.4. The average Bonchev–Trinajstić information content (AvgIpc) is 3.22. The van der Waals surface area contributed by atoms with Gasteiger partial charge in [-0.15, -0.1) is 0 Å². The molecule has 1 aromatic heterocycles. The molecule has 0 saturated heterocycles. The zero-order valence-corrected chi connectivity index (χ0v) is 19.9. The van der Waals surface area contributed by atoms with E-state index in [9.17, 15) is 14.4 Å². The van der Waals surface area contributed by atoms with Crippen LogP contribution in [0.25, 0.3) is 11.0 Å². The Bertz CT molecular complexity index is 1300. The number of ether oxygens (including phenoxy) is 1. The number of carbonyl (C=O) groups excluding carboxylic acids is 2. The average molecular weight is 478 g/mol. The Hall–Kier alpha value is -3.98. The molecule has 1 aliphatic carbocycles. The zero-order valence-electron chi connectivity index (χ0n) is 19.9. The molecule has 35 heavy (non-hydrogen) atoms. The minimum absolute atomic E-state index is 0.140. The highest BCUT2D eigenvalue weighted by Gasteiger charge is 2.35. The lowest BCUT2D eigenvalue weighted by atomic mass is 9.88. The Morgan fingerprint density at radius 2 is 2.00 bits per heavy atom. The minimum atomic E-state index is -0.923. The van der Waals surface area contributed by atoms with Gasteiger partial charge in [0, 0.05) is 6.42 Å². The first-order chi connectivity index (χ1) is 16.7. The van der Waals surface area contributed by atoms with Gasteiger partial charge in [0.1, 0.15) is 29.5 Å². The number of alkyl carbamates (subject to hydrolysis) is 1. The number of amides is 2. The summed E-state index contributed by atoms with van der Waals surface area (Å²) in [6.07, 6.45) is 12.3. The fraction of sp³-hybridized carbons (Fsp3) is 0.308. The van der Waals surface area contributed by atoms with Gasteiger partial charge in [0.05, 0.1) is 29.3 Å². The summed E-state index contributed by atoms with van der Waals surface area (Å²) >= 11 is 0. The van der Waals surface area contributed by atoms with Gasteiger partial charge in [-0.1, -0.05) is 30.4 Å². The minimum Gasteiger partial charge on any atom is -0.463 e. The number of hydrogen-bond acceptors (Lipinski definition) is 6. The molecule has 9 nitrogen and oxygen atoms in total. The summed E-state index contributed by atoms with van der Waals surface area (Å²) in [6.45, 7) is 5.25. The van der Waals surface area contributed by atoms with Crippen LogP contribution >= 0.6 is 0 Å². The molecular weight excluding hydrogens is 448 g/mol. The van der Waals surface area contributed by atoms with Crippen LogP contribution in [0.4, 0.5) is 4.79 Å². The number of benzene rings is 1. The third-order valence-electron chi connectivity index (χ3n) is 5.67. The molecule has 0 saturated carbocycles. The smallest absolute Gasteiger partial charge is 0.408 e. The lowest BCUT2D eigenvalue weighted by molar-refractivity contribution is -0.609. The topological polar surface area (TPSA) is 127 Å². The molecule has 3 atom stereocenters. The fourth-order valence-corrected chi connectivity index (χ4v) is 4.05. The van der Waals surface area contributed by atoms with Crippen LogP contribution in [0, 0.1) is 5.92 Å². The molecule has 0 radical (unpaired) electrons. The molecule has 2 aliphatic rings. The van der Waals surface area contributed by atoms with Gasteiger partial charge in [0.15, 0.2) is 0 Å². The summed E-state index contributed by atoms with van der Waals surface area (Å²) in [6, 6.07) is 6.19. The third-order valence-corrected chi connectivity index (χ3v) is 5.67. The lowest BCUT2D eigenvalue weighted by Crippen LogP contribution is -2.83. The van der Waals surface area contributed by atoms with Gasteiger partial charge in [-0.3, -0.25) is 9.59 Å². The second-order valence-electron chi connectivity index (χ2n) is 9.46. The van der Waals surface area contributed by atoms with Crippen molar-refractivity contribution in [2.45, 2.75) is 44.9 Å². The maximum Gasteiger partial charge on any atom is 0.408 e. The van der Waals surface area contributed by atoms with Gasteiger partial charge in [0.25, 0.3) is 5.91 Å². The molecule has 182 valence electrons. The van der Waals surface area contributed by atoms with E-state index >= 15 is 0 Å². The number of fused-ring (bicyclic) bond motifs is 2. The number of hydrazone groups is 1. The van der Waals surface area contributed by atoms with Gasteiger partial charge >= 0.3 is 6.09 Å². The van der Waals surface area contributed by atoms with Crippen molar-refractivity contribution in [3.8, 4) is 0 Å². The molecule has 4 N–H and O–H groups in total. The number of rotatable bonds is 6. The summed E-state index contributed by atoms with van der Waals surface area (Å²) in [7, 11) is 0. The molecule has 1 aliphatic heterocycles. The molecule has 1 aromatic carbocycles. The van der Waals surface area contributed by atoms with E-state index in [1.807, 2.05) is 18.4 Å². The molecule has 9 heteroatoms. The number of nitrogens with zero attached hydrogens (tertiary/aromatic N) is 1. The Balaban J connectivity index is 1.48. The number of carbonyl (C=O) groups is 2. The van der Waals surface area contributed by atoms with Crippen LogP contribution in [0.15, 0.2) is 80.9 Å². The van der Waals surface area contributed by atoms with Crippen LogP contribution in [0.2, 0.25) is 0 Å². The summed E-state index contributed by atoms with van der Waals surface area (Å²) in [5.41, 5.74) is 3.13. The molecule has 4 rings (SSSR count). The molecular formula is C26H29N4O5+. The monoisotopic (exact) mass is 477 g/mol. The van der Waals surface area contributed by atoms with Gasteiger partial charge in [-0.05, 0) is 44.6 Å². The summed E-state index contributed by atoms with van der Waals surface area (Å²) in [5, 5.41) is 9.10. The Morgan fingerprint density at radius 1 is 1.23 bits per heavy atom. The Morgan fingerprint density at radius 3 is 2.80 bits per heavy atom. The molecule has 0 unspecified atom stereocenters. The van der Waals surface area contributed by atoms with Crippen molar-refractivity contribution < 1.29 is 24.1 Å². The quantitative estimate of drug-likeness (QED) is 0.434.